The Labute approximate surface area is 165 Å². The number of aromatic nitrogens is 1. The van der Waals surface area contributed by atoms with Gasteiger partial charge in [-0.25, -0.2) is 4.39 Å². The molecule has 0 aliphatic heterocycles. The van der Waals surface area contributed by atoms with E-state index in [1.807, 2.05) is 30.3 Å². The molecule has 148 valence electrons. The van der Waals surface area contributed by atoms with Crippen LogP contribution in [0.3, 0.4) is 0 Å². The molecule has 0 radical (unpaired) electrons. The summed E-state index contributed by atoms with van der Waals surface area (Å²) in [5, 5.41) is 9.33. The van der Waals surface area contributed by atoms with Crippen LogP contribution in [0.2, 0.25) is 0 Å². The Balaban J connectivity index is 1.56. The second-order valence-corrected chi connectivity index (χ2v) is 6.13. The van der Waals surface area contributed by atoms with E-state index in [-0.39, 0.29) is 19.6 Å². The van der Waals surface area contributed by atoms with Crippen molar-refractivity contribution in [3.05, 3.63) is 99.6 Å². The normalized spacial score (nSPS) is 10.4. The van der Waals surface area contributed by atoms with Crippen LogP contribution in [-0.4, -0.2) is 16.0 Å². The molecule has 0 atom stereocenters. The van der Waals surface area contributed by atoms with Gasteiger partial charge in [0, 0.05) is 5.56 Å². The number of carbonyl (C=O) groups excluding carboxylic acids is 1. The highest BCUT2D eigenvalue weighted by molar-refractivity contribution is 5.73. The number of benzene rings is 2. The van der Waals surface area contributed by atoms with Crippen molar-refractivity contribution in [2.24, 2.45) is 0 Å². The van der Waals surface area contributed by atoms with E-state index >= 15 is 0 Å². The van der Waals surface area contributed by atoms with Gasteiger partial charge in [0.1, 0.15) is 19.0 Å². The summed E-state index contributed by atoms with van der Waals surface area (Å²) in [6, 6.07) is 18.6. The molecule has 1 heterocycles. The number of hydrogen-bond donors (Lipinski definition) is 0. The number of hydrogen-bond acceptors (Lipinski definition) is 6. The Bertz CT molecular complexity index is 1010. The number of ether oxygens (including phenoxy) is 1. The molecule has 0 saturated carbocycles. The average Bonchev–Trinajstić information content (AvgIpc) is 2.72. The van der Waals surface area contributed by atoms with E-state index < -0.39 is 16.9 Å². The van der Waals surface area contributed by atoms with Crippen molar-refractivity contribution in [3.63, 3.8) is 0 Å². The Morgan fingerprint density at radius 2 is 1.72 bits per heavy atom. The molecule has 0 fully saturated rings. The smallest absolute Gasteiger partial charge is 0.310 e. The molecule has 0 amide bonds. The number of rotatable bonds is 8. The van der Waals surface area contributed by atoms with Gasteiger partial charge in [-0.2, -0.15) is 0 Å². The first-order valence-electron chi connectivity index (χ1n) is 8.73. The van der Waals surface area contributed by atoms with E-state index in [0.29, 0.717) is 22.5 Å². The maximum atomic E-state index is 14.4. The van der Waals surface area contributed by atoms with E-state index in [0.717, 1.165) is 5.56 Å². The van der Waals surface area contributed by atoms with Crippen LogP contribution in [0.5, 0.6) is 0 Å². The second kappa shape index (κ2) is 9.41. The first kappa shape index (κ1) is 19.9. The lowest BCUT2D eigenvalue weighted by molar-refractivity contribution is -0.763. The van der Waals surface area contributed by atoms with Gasteiger partial charge >= 0.3 is 5.97 Å². The third-order valence-corrected chi connectivity index (χ3v) is 4.03. The first-order chi connectivity index (χ1) is 14.0. The minimum Gasteiger partial charge on any atom is -0.459 e. The second-order valence-electron chi connectivity index (χ2n) is 6.13. The third kappa shape index (κ3) is 5.83. The summed E-state index contributed by atoms with van der Waals surface area (Å²) in [6.07, 6.45) is -0.0872. The maximum Gasteiger partial charge on any atom is 0.310 e. The zero-order valence-electron chi connectivity index (χ0n) is 15.3. The first-order valence-corrected chi connectivity index (χ1v) is 8.73. The summed E-state index contributed by atoms with van der Waals surface area (Å²) in [5.74, 6) is -0.952. The number of pyridine rings is 1. The lowest BCUT2D eigenvalue weighted by Crippen LogP contribution is -2.10. The molecule has 29 heavy (non-hydrogen) atoms. The van der Waals surface area contributed by atoms with Crippen LogP contribution < -0.4 is 0 Å². The number of esters is 1. The van der Waals surface area contributed by atoms with E-state index in [9.17, 15) is 19.3 Å². The van der Waals surface area contributed by atoms with Crippen molar-refractivity contribution >= 4 is 5.97 Å². The Morgan fingerprint density at radius 3 is 2.41 bits per heavy atom. The molecule has 0 bridgehead atoms. The average molecular weight is 396 g/mol. The third-order valence-electron chi connectivity index (χ3n) is 4.03. The van der Waals surface area contributed by atoms with Gasteiger partial charge in [0.05, 0.1) is 17.8 Å². The number of nitrogens with zero attached hydrogens (tertiary/aromatic N) is 2. The molecule has 0 unspecified atom stereocenters. The van der Waals surface area contributed by atoms with Crippen molar-refractivity contribution in [1.29, 1.82) is 0 Å². The zero-order valence-corrected chi connectivity index (χ0v) is 15.3. The molecule has 0 aliphatic carbocycles. The SMILES string of the molecule is O=C(Cc1ccc(-c2ccccc2)c(F)c1)OCc1cccc(CO[N+](=O)[O-])n1. The van der Waals surface area contributed by atoms with Crippen LogP contribution in [-0.2, 0) is 34.0 Å². The minimum absolute atomic E-state index is 0.0872. The lowest BCUT2D eigenvalue weighted by atomic mass is 10.0. The molecule has 3 rings (SSSR count). The molecule has 7 nitrogen and oxygen atoms in total. The highest BCUT2D eigenvalue weighted by Gasteiger charge is 2.11. The summed E-state index contributed by atoms with van der Waals surface area (Å²) in [7, 11) is 0. The highest BCUT2D eigenvalue weighted by Crippen LogP contribution is 2.23. The molecule has 3 aromatic rings. The standard InChI is InChI=1S/C21H17FN2O5/c22-20-11-15(9-10-19(20)16-5-2-1-3-6-16)12-21(25)28-13-17-7-4-8-18(23-17)14-29-24(26)27/h1-11H,12-14H2. The van der Waals surface area contributed by atoms with Crippen LogP contribution in [0.25, 0.3) is 11.1 Å². The lowest BCUT2D eigenvalue weighted by Gasteiger charge is -2.08. The van der Waals surface area contributed by atoms with Crippen LogP contribution in [0.4, 0.5) is 4.39 Å². The number of halogens is 1. The molecule has 1 aromatic heterocycles. The van der Waals surface area contributed by atoms with Crippen molar-refractivity contribution < 1.29 is 23.8 Å². The maximum absolute atomic E-state index is 14.4. The Morgan fingerprint density at radius 1 is 1.00 bits per heavy atom. The fourth-order valence-corrected chi connectivity index (χ4v) is 2.70. The van der Waals surface area contributed by atoms with Crippen molar-refractivity contribution in [2.45, 2.75) is 19.6 Å². The Kier molecular flexibility index (Phi) is 6.47. The molecular weight excluding hydrogens is 379 g/mol. The quantitative estimate of drug-likeness (QED) is 0.326. The predicted molar refractivity (Wildman–Crippen MR) is 101 cm³/mol. The fraction of sp³-hybridized carbons (Fsp3) is 0.143. The molecular formula is C21H17FN2O5. The van der Waals surface area contributed by atoms with E-state index in [1.54, 1.807) is 30.3 Å². The van der Waals surface area contributed by atoms with Gasteiger partial charge in [-0.1, -0.05) is 48.5 Å². The summed E-state index contributed by atoms with van der Waals surface area (Å²) in [5.41, 5.74) is 2.47. The minimum atomic E-state index is -0.906. The van der Waals surface area contributed by atoms with Crippen molar-refractivity contribution in [2.75, 3.05) is 0 Å². The van der Waals surface area contributed by atoms with Crippen LogP contribution in [0.15, 0.2) is 66.7 Å². The Hall–Kier alpha value is -3.81. The van der Waals surface area contributed by atoms with Gasteiger partial charge in [0.15, 0.2) is 0 Å². The van der Waals surface area contributed by atoms with Crippen LogP contribution >= 0.6 is 0 Å². The van der Waals surface area contributed by atoms with Gasteiger partial charge in [-0.3, -0.25) is 9.78 Å². The van der Waals surface area contributed by atoms with Gasteiger partial charge in [0.25, 0.3) is 5.09 Å². The zero-order chi connectivity index (χ0) is 20.6. The fourth-order valence-electron chi connectivity index (χ4n) is 2.70. The van der Waals surface area contributed by atoms with E-state index in [4.69, 9.17) is 4.74 Å². The van der Waals surface area contributed by atoms with Crippen LogP contribution in [0, 0.1) is 15.9 Å². The van der Waals surface area contributed by atoms with Gasteiger partial charge < -0.3 is 9.57 Å². The monoisotopic (exact) mass is 396 g/mol. The van der Waals surface area contributed by atoms with Gasteiger partial charge in [-0.05, 0) is 29.3 Å². The largest absolute Gasteiger partial charge is 0.459 e. The number of carbonyl (C=O) groups is 1. The summed E-state index contributed by atoms with van der Waals surface area (Å²) >= 11 is 0. The topological polar surface area (TPSA) is 91.6 Å². The molecule has 0 saturated heterocycles. The van der Waals surface area contributed by atoms with Crippen molar-refractivity contribution in [3.8, 4) is 11.1 Å². The molecule has 0 spiro atoms. The highest BCUT2D eigenvalue weighted by atomic mass is 19.1. The van der Waals surface area contributed by atoms with Crippen molar-refractivity contribution in [1.82, 2.24) is 4.98 Å². The van der Waals surface area contributed by atoms with Gasteiger partial charge in [-0.15, -0.1) is 10.1 Å². The van der Waals surface area contributed by atoms with Crippen LogP contribution in [0.1, 0.15) is 17.0 Å². The predicted octanol–water partition coefficient (Wildman–Crippen LogP) is 3.88. The summed E-state index contributed by atoms with van der Waals surface area (Å²) < 4.78 is 19.6. The van der Waals surface area contributed by atoms with Gasteiger partial charge in [0.2, 0.25) is 0 Å². The van der Waals surface area contributed by atoms with E-state index in [2.05, 4.69) is 9.82 Å². The molecule has 2 aromatic carbocycles. The summed E-state index contributed by atoms with van der Waals surface area (Å²) in [4.78, 5) is 30.7. The molecule has 0 aliphatic rings. The summed E-state index contributed by atoms with van der Waals surface area (Å²) in [6.45, 7) is -0.391. The molecule has 8 heteroatoms. The molecule has 0 N–H and O–H groups in total. The van der Waals surface area contributed by atoms with E-state index in [1.165, 1.54) is 6.07 Å².